The Kier molecular flexibility index (Phi) is 4.65. The smallest absolute Gasteiger partial charge is 0.335 e. The molecule has 0 spiro atoms. The number of carbonyl (C=O) groups is 1. The summed E-state index contributed by atoms with van der Waals surface area (Å²) in [7, 11) is 0. The SMILES string of the molecule is CCCOCc1nc(-c2ccc(C(=O)O)cc2)cs1. The highest BCUT2D eigenvalue weighted by atomic mass is 32.1. The van der Waals surface area contributed by atoms with Gasteiger partial charge in [0, 0.05) is 17.6 Å². The third-order valence-electron chi connectivity index (χ3n) is 2.55. The Morgan fingerprint density at radius 1 is 1.37 bits per heavy atom. The summed E-state index contributed by atoms with van der Waals surface area (Å²) in [6.07, 6.45) is 0.995. The monoisotopic (exact) mass is 277 g/mol. The van der Waals surface area contributed by atoms with Crippen LogP contribution in [-0.2, 0) is 11.3 Å². The number of carboxylic acid groups (broad SMARTS) is 1. The molecule has 1 N–H and O–H groups in total. The maximum atomic E-state index is 10.8. The van der Waals surface area contributed by atoms with E-state index >= 15 is 0 Å². The molecule has 2 aromatic rings. The maximum absolute atomic E-state index is 10.8. The number of nitrogens with zero attached hydrogens (tertiary/aromatic N) is 1. The molecule has 0 fully saturated rings. The van der Waals surface area contributed by atoms with E-state index in [2.05, 4.69) is 11.9 Å². The summed E-state index contributed by atoms with van der Waals surface area (Å²) in [4.78, 5) is 15.2. The number of hydrogen-bond acceptors (Lipinski definition) is 4. The number of aromatic carboxylic acids is 1. The Morgan fingerprint density at radius 2 is 2.11 bits per heavy atom. The topological polar surface area (TPSA) is 59.4 Å². The van der Waals surface area contributed by atoms with Crippen LogP contribution in [0, 0.1) is 0 Å². The molecule has 0 saturated carbocycles. The van der Waals surface area contributed by atoms with Crippen molar-refractivity contribution in [2.24, 2.45) is 0 Å². The molecule has 1 aromatic heterocycles. The summed E-state index contributed by atoms with van der Waals surface area (Å²) >= 11 is 1.55. The van der Waals surface area contributed by atoms with Gasteiger partial charge in [0.1, 0.15) is 5.01 Å². The molecular formula is C14H15NO3S. The van der Waals surface area contributed by atoms with Crippen molar-refractivity contribution >= 4 is 17.3 Å². The van der Waals surface area contributed by atoms with Crippen LogP contribution >= 0.6 is 11.3 Å². The Hall–Kier alpha value is -1.72. The quantitative estimate of drug-likeness (QED) is 0.822. The molecule has 5 heteroatoms. The summed E-state index contributed by atoms with van der Waals surface area (Å²) in [5.74, 6) is -0.918. The molecule has 0 radical (unpaired) electrons. The van der Waals surface area contributed by atoms with Crippen LogP contribution in [0.3, 0.4) is 0 Å². The Morgan fingerprint density at radius 3 is 2.74 bits per heavy atom. The van der Waals surface area contributed by atoms with Gasteiger partial charge in [-0.2, -0.15) is 0 Å². The molecular weight excluding hydrogens is 262 g/mol. The highest BCUT2D eigenvalue weighted by molar-refractivity contribution is 7.09. The minimum absolute atomic E-state index is 0.283. The molecule has 2 rings (SSSR count). The van der Waals surface area contributed by atoms with Gasteiger partial charge in [-0.25, -0.2) is 9.78 Å². The van der Waals surface area contributed by atoms with Crippen molar-refractivity contribution in [2.45, 2.75) is 20.0 Å². The zero-order valence-electron chi connectivity index (χ0n) is 10.6. The van der Waals surface area contributed by atoms with Crippen LogP contribution in [0.2, 0.25) is 0 Å². The molecule has 4 nitrogen and oxygen atoms in total. The average Bonchev–Trinajstić information content (AvgIpc) is 2.88. The molecule has 0 unspecified atom stereocenters. The molecule has 1 heterocycles. The molecule has 0 aliphatic carbocycles. The van der Waals surface area contributed by atoms with E-state index in [1.54, 1.807) is 35.6 Å². The van der Waals surface area contributed by atoms with Crippen molar-refractivity contribution in [3.8, 4) is 11.3 Å². The number of benzene rings is 1. The van der Waals surface area contributed by atoms with Crippen molar-refractivity contribution in [1.29, 1.82) is 0 Å². The van der Waals surface area contributed by atoms with Crippen LogP contribution in [0.4, 0.5) is 0 Å². The fourth-order valence-electron chi connectivity index (χ4n) is 1.60. The predicted octanol–water partition coefficient (Wildman–Crippen LogP) is 3.43. The Labute approximate surface area is 115 Å². The van der Waals surface area contributed by atoms with E-state index in [9.17, 15) is 4.79 Å². The van der Waals surface area contributed by atoms with Crippen molar-refractivity contribution in [3.63, 3.8) is 0 Å². The fraction of sp³-hybridized carbons (Fsp3) is 0.286. The molecule has 100 valence electrons. The first-order chi connectivity index (χ1) is 9.20. The van der Waals surface area contributed by atoms with E-state index in [1.807, 2.05) is 5.38 Å². The van der Waals surface area contributed by atoms with E-state index in [0.29, 0.717) is 6.61 Å². The molecule has 0 atom stereocenters. The van der Waals surface area contributed by atoms with Crippen molar-refractivity contribution in [2.75, 3.05) is 6.61 Å². The van der Waals surface area contributed by atoms with Gasteiger partial charge in [-0.05, 0) is 18.6 Å². The first kappa shape index (κ1) is 13.7. The number of carboxylic acids is 1. The number of ether oxygens (including phenoxy) is 1. The van der Waals surface area contributed by atoms with E-state index in [0.717, 1.165) is 29.3 Å². The van der Waals surface area contributed by atoms with Gasteiger partial charge in [-0.1, -0.05) is 19.1 Å². The third-order valence-corrected chi connectivity index (χ3v) is 3.38. The third kappa shape index (κ3) is 3.62. The van der Waals surface area contributed by atoms with E-state index in [-0.39, 0.29) is 5.56 Å². The number of thiazole rings is 1. The lowest BCUT2D eigenvalue weighted by Gasteiger charge is -1.99. The second-order valence-electron chi connectivity index (χ2n) is 4.06. The molecule has 0 aliphatic rings. The van der Waals surface area contributed by atoms with E-state index < -0.39 is 5.97 Å². The lowest BCUT2D eigenvalue weighted by Crippen LogP contribution is -1.95. The van der Waals surface area contributed by atoms with E-state index in [4.69, 9.17) is 9.84 Å². The maximum Gasteiger partial charge on any atom is 0.335 e. The van der Waals surface area contributed by atoms with Gasteiger partial charge in [0.25, 0.3) is 0 Å². The van der Waals surface area contributed by atoms with Crippen LogP contribution in [0.15, 0.2) is 29.6 Å². The fourth-order valence-corrected chi connectivity index (χ4v) is 2.34. The number of aromatic nitrogens is 1. The van der Waals surface area contributed by atoms with Gasteiger partial charge in [-0.15, -0.1) is 11.3 Å². The second-order valence-corrected chi connectivity index (χ2v) is 5.00. The Bertz CT molecular complexity index is 548. The second kappa shape index (κ2) is 6.45. The number of rotatable bonds is 6. The highest BCUT2D eigenvalue weighted by Gasteiger charge is 2.06. The van der Waals surface area contributed by atoms with E-state index in [1.165, 1.54) is 0 Å². The van der Waals surface area contributed by atoms with Crippen LogP contribution in [0.1, 0.15) is 28.7 Å². The van der Waals surface area contributed by atoms with Crippen LogP contribution < -0.4 is 0 Å². The average molecular weight is 277 g/mol. The summed E-state index contributed by atoms with van der Waals surface area (Å²) in [5, 5.41) is 11.7. The molecule has 19 heavy (non-hydrogen) atoms. The molecule has 0 aliphatic heterocycles. The highest BCUT2D eigenvalue weighted by Crippen LogP contribution is 2.22. The van der Waals surface area contributed by atoms with Gasteiger partial charge in [0.05, 0.1) is 17.9 Å². The normalized spacial score (nSPS) is 10.6. The lowest BCUT2D eigenvalue weighted by atomic mass is 10.1. The first-order valence-corrected chi connectivity index (χ1v) is 6.94. The summed E-state index contributed by atoms with van der Waals surface area (Å²) in [6, 6.07) is 6.72. The van der Waals surface area contributed by atoms with Gasteiger partial charge in [0.2, 0.25) is 0 Å². The molecule has 0 saturated heterocycles. The van der Waals surface area contributed by atoms with Crippen LogP contribution in [0.5, 0.6) is 0 Å². The van der Waals surface area contributed by atoms with Gasteiger partial charge in [0.15, 0.2) is 0 Å². The van der Waals surface area contributed by atoms with Gasteiger partial charge >= 0.3 is 5.97 Å². The minimum Gasteiger partial charge on any atom is -0.478 e. The Balaban J connectivity index is 2.07. The van der Waals surface area contributed by atoms with Crippen LogP contribution in [-0.4, -0.2) is 22.7 Å². The first-order valence-electron chi connectivity index (χ1n) is 6.06. The van der Waals surface area contributed by atoms with Gasteiger partial charge in [-0.3, -0.25) is 0 Å². The molecule has 1 aromatic carbocycles. The lowest BCUT2D eigenvalue weighted by molar-refractivity contribution is 0.0697. The predicted molar refractivity (Wildman–Crippen MR) is 74.5 cm³/mol. The molecule has 0 amide bonds. The van der Waals surface area contributed by atoms with Crippen molar-refractivity contribution < 1.29 is 14.6 Å². The summed E-state index contributed by atoms with van der Waals surface area (Å²) in [6.45, 7) is 3.34. The zero-order valence-corrected chi connectivity index (χ0v) is 11.4. The zero-order chi connectivity index (χ0) is 13.7. The van der Waals surface area contributed by atoms with Crippen LogP contribution in [0.25, 0.3) is 11.3 Å². The largest absolute Gasteiger partial charge is 0.478 e. The summed E-state index contributed by atoms with van der Waals surface area (Å²) < 4.78 is 5.44. The van der Waals surface area contributed by atoms with Crippen molar-refractivity contribution in [1.82, 2.24) is 4.98 Å². The summed E-state index contributed by atoms with van der Waals surface area (Å²) in [5.41, 5.74) is 2.06. The minimum atomic E-state index is -0.918. The standard InChI is InChI=1S/C14H15NO3S/c1-2-7-18-8-13-15-12(9-19-13)10-3-5-11(6-4-10)14(16)17/h3-6,9H,2,7-8H2,1H3,(H,16,17). The van der Waals surface area contributed by atoms with Gasteiger partial charge < -0.3 is 9.84 Å². The van der Waals surface area contributed by atoms with Crippen molar-refractivity contribution in [3.05, 3.63) is 40.2 Å². The molecule has 0 bridgehead atoms. The number of hydrogen-bond donors (Lipinski definition) is 1.